The third kappa shape index (κ3) is 8.37. The van der Waals surface area contributed by atoms with Crippen LogP contribution in [0.3, 0.4) is 0 Å². The Kier molecular flexibility index (Phi) is 11.1. The molecule has 0 saturated heterocycles. The first-order chi connectivity index (χ1) is 21.7. The number of halogens is 1. The number of hydrazone groups is 1. The lowest BCUT2D eigenvalue weighted by Crippen LogP contribution is -2.39. The number of ether oxygens (including phenoxy) is 5. The summed E-state index contributed by atoms with van der Waals surface area (Å²) in [7, 11) is 1.32. The van der Waals surface area contributed by atoms with Gasteiger partial charge in [0, 0.05) is 17.2 Å². The molecule has 0 atom stereocenters. The molecule has 0 spiro atoms. The number of nitrogens with one attached hydrogen (secondary N) is 1. The molecule has 0 aliphatic rings. The molecule has 1 amide bonds. The molecule has 11 nitrogen and oxygen atoms in total. The molecule has 0 saturated carbocycles. The highest BCUT2D eigenvalue weighted by molar-refractivity contribution is 7.92. The van der Waals surface area contributed by atoms with Gasteiger partial charge in [0.1, 0.15) is 30.4 Å². The van der Waals surface area contributed by atoms with Crippen LogP contribution in [0.2, 0.25) is 5.02 Å². The topological polar surface area (TPSA) is 125 Å². The predicted octanol–water partition coefficient (Wildman–Crippen LogP) is 5.30. The molecule has 0 fully saturated rings. The van der Waals surface area contributed by atoms with Crippen LogP contribution in [-0.2, 0) is 21.4 Å². The summed E-state index contributed by atoms with van der Waals surface area (Å²) in [5.74, 6) is 1.03. The second-order valence-electron chi connectivity index (χ2n) is 9.35. The largest absolute Gasteiger partial charge is 0.497 e. The molecule has 4 aromatic carbocycles. The molecule has 4 rings (SSSR count). The van der Waals surface area contributed by atoms with E-state index in [1.807, 2.05) is 18.2 Å². The highest BCUT2D eigenvalue weighted by atomic mass is 35.5. The zero-order valence-electron chi connectivity index (χ0n) is 25.0. The van der Waals surface area contributed by atoms with Crippen LogP contribution in [0, 0.1) is 0 Å². The molecule has 236 valence electrons. The molecular formula is C32H32ClN3O8S. The third-order valence-corrected chi connectivity index (χ3v) is 8.45. The first kappa shape index (κ1) is 33.0. The number of benzene rings is 4. The fourth-order valence-corrected chi connectivity index (χ4v) is 5.84. The maximum atomic E-state index is 14.0. The Balaban J connectivity index is 1.52. The predicted molar refractivity (Wildman–Crippen MR) is 172 cm³/mol. The summed E-state index contributed by atoms with van der Waals surface area (Å²) in [5.41, 5.74) is 4.09. The lowest BCUT2D eigenvalue weighted by molar-refractivity contribution is -0.119. The van der Waals surface area contributed by atoms with Crippen LogP contribution < -0.4 is 33.4 Å². The van der Waals surface area contributed by atoms with E-state index in [0.29, 0.717) is 34.4 Å². The van der Waals surface area contributed by atoms with Gasteiger partial charge >= 0.3 is 0 Å². The van der Waals surface area contributed by atoms with Gasteiger partial charge in [-0.2, -0.15) is 5.10 Å². The quantitative estimate of drug-likeness (QED) is 0.144. The lowest BCUT2D eigenvalue weighted by Gasteiger charge is -2.26. The Bertz CT molecular complexity index is 1760. The molecule has 1 N–H and O–H groups in total. The second kappa shape index (κ2) is 15.2. The second-order valence-corrected chi connectivity index (χ2v) is 11.6. The molecule has 0 heterocycles. The zero-order valence-corrected chi connectivity index (χ0v) is 26.6. The first-order valence-corrected chi connectivity index (χ1v) is 15.3. The number of anilines is 1. The number of methoxy groups -OCH3 is 4. The van der Waals surface area contributed by atoms with Gasteiger partial charge in [0.05, 0.1) is 45.2 Å². The van der Waals surface area contributed by atoms with Gasteiger partial charge in [-0.05, 0) is 71.8 Å². The van der Waals surface area contributed by atoms with Crippen LogP contribution in [0.5, 0.6) is 28.7 Å². The van der Waals surface area contributed by atoms with Gasteiger partial charge in [-0.3, -0.25) is 9.10 Å². The van der Waals surface area contributed by atoms with Crippen LogP contribution in [0.15, 0.2) is 94.9 Å². The summed E-state index contributed by atoms with van der Waals surface area (Å²) in [4.78, 5) is 13.0. The molecule has 4 aromatic rings. The van der Waals surface area contributed by atoms with E-state index in [2.05, 4.69) is 10.5 Å². The van der Waals surface area contributed by atoms with Crippen molar-refractivity contribution < 1.29 is 36.9 Å². The average molecular weight is 654 g/mol. The van der Waals surface area contributed by atoms with E-state index in [1.54, 1.807) is 42.5 Å². The van der Waals surface area contributed by atoms with Gasteiger partial charge in [-0.1, -0.05) is 23.7 Å². The number of amides is 1. The van der Waals surface area contributed by atoms with Crippen LogP contribution in [0.25, 0.3) is 0 Å². The minimum absolute atomic E-state index is 0.0825. The molecule has 0 aliphatic heterocycles. The summed E-state index contributed by atoms with van der Waals surface area (Å²) in [6, 6.07) is 23.2. The average Bonchev–Trinajstić information content (AvgIpc) is 3.06. The summed E-state index contributed by atoms with van der Waals surface area (Å²) in [6.07, 6.45) is 1.43. The normalized spacial score (nSPS) is 11.1. The number of sulfonamides is 1. The molecule has 0 aliphatic carbocycles. The van der Waals surface area contributed by atoms with Crippen molar-refractivity contribution in [1.82, 2.24) is 5.43 Å². The molecule has 0 aromatic heterocycles. The summed E-state index contributed by atoms with van der Waals surface area (Å²) >= 11 is 6.02. The Morgan fingerprint density at radius 2 is 1.51 bits per heavy atom. The minimum Gasteiger partial charge on any atom is -0.497 e. The van der Waals surface area contributed by atoms with Gasteiger partial charge in [-0.15, -0.1) is 0 Å². The minimum atomic E-state index is -4.35. The van der Waals surface area contributed by atoms with E-state index in [4.69, 9.17) is 35.3 Å². The van der Waals surface area contributed by atoms with Crippen molar-refractivity contribution in [3.05, 3.63) is 101 Å². The van der Waals surface area contributed by atoms with E-state index >= 15 is 0 Å². The van der Waals surface area contributed by atoms with E-state index in [9.17, 15) is 13.2 Å². The molecule has 45 heavy (non-hydrogen) atoms. The number of nitrogens with zero attached hydrogens (tertiary/aromatic N) is 2. The molecule has 0 bridgehead atoms. The fourth-order valence-electron chi connectivity index (χ4n) is 4.18. The lowest BCUT2D eigenvalue weighted by atomic mass is 10.2. The van der Waals surface area contributed by atoms with Crippen molar-refractivity contribution in [2.24, 2.45) is 5.10 Å². The first-order valence-electron chi connectivity index (χ1n) is 13.4. The van der Waals surface area contributed by atoms with Crippen molar-refractivity contribution >= 4 is 39.4 Å². The standard InChI is InChI=1S/C32H32ClN3O8S/c1-40-26-12-14-29(41-2)28(17-26)36(45(38,39)27-13-15-30(42-3)31(18-27)43-4)20-32(37)35-34-19-22-8-10-25(11-9-22)44-21-23-6-5-7-24(33)16-23/h5-19H,20-21H2,1-4H3,(H,35,37)/b34-19-. The number of carbonyl (C=O) groups excluding carboxylic acids is 1. The highest BCUT2D eigenvalue weighted by Crippen LogP contribution is 2.37. The third-order valence-electron chi connectivity index (χ3n) is 6.46. The van der Waals surface area contributed by atoms with E-state index in [-0.39, 0.29) is 22.1 Å². The SMILES string of the molecule is COc1ccc(OC)c(N(CC(=O)N/N=C\c2ccc(OCc3cccc(Cl)c3)cc2)S(=O)(=O)c2ccc(OC)c(OC)c2)c1. The van der Waals surface area contributed by atoms with Gasteiger partial charge in [-0.25, -0.2) is 13.8 Å². The molecule has 0 radical (unpaired) electrons. The molecule has 13 heteroatoms. The zero-order chi connectivity index (χ0) is 32.4. The van der Waals surface area contributed by atoms with Gasteiger partial charge < -0.3 is 23.7 Å². The maximum Gasteiger partial charge on any atom is 0.265 e. The Morgan fingerprint density at radius 1 is 0.822 bits per heavy atom. The Labute approximate surface area is 266 Å². The van der Waals surface area contributed by atoms with Crippen molar-refractivity contribution in [3.8, 4) is 28.7 Å². The number of hydrogen-bond donors (Lipinski definition) is 1. The van der Waals surface area contributed by atoms with Crippen molar-refractivity contribution in [3.63, 3.8) is 0 Å². The van der Waals surface area contributed by atoms with E-state index in [0.717, 1.165) is 9.87 Å². The van der Waals surface area contributed by atoms with Crippen LogP contribution in [-0.4, -0.2) is 55.5 Å². The van der Waals surface area contributed by atoms with Gasteiger partial charge in [0.25, 0.3) is 15.9 Å². The Morgan fingerprint density at radius 3 is 2.18 bits per heavy atom. The maximum absolute atomic E-state index is 14.0. The van der Waals surface area contributed by atoms with Crippen LogP contribution >= 0.6 is 11.6 Å². The Hall–Kier alpha value is -4.94. The van der Waals surface area contributed by atoms with Crippen molar-refractivity contribution in [2.75, 3.05) is 39.3 Å². The highest BCUT2D eigenvalue weighted by Gasteiger charge is 2.31. The van der Waals surface area contributed by atoms with Gasteiger partial charge in [0.15, 0.2) is 11.5 Å². The van der Waals surface area contributed by atoms with E-state index in [1.165, 1.54) is 58.9 Å². The van der Waals surface area contributed by atoms with Gasteiger partial charge in [0.2, 0.25) is 0 Å². The molecule has 0 unspecified atom stereocenters. The van der Waals surface area contributed by atoms with Crippen LogP contribution in [0.1, 0.15) is 11.1 Å². The summed E-state index contributed by atoms with van der Waals surface area (Å²) in [6.45, 7) is -0.279. The number of hydrogen-bond acceptors (Lipinski definition) is 9. The fraction of sp³-hybridized carbons (Fsp3) is 0.188. The molecular weight excluding hydrogens is 622 g/mol. The monoisotopic (exact) mass is 653 g/mol. The smallest absolute Gasteiger partial charge is 0.265 e. The number of rotatable bonds is 14. The summed E-state index contributed by atoms with van der Waals surface area (Å²) < 4.78 is 56.0. The van der Waals surface area contributed by atoms with Crippen molar-refractivity contribution in [2.45, 2.75) is 11.5 Å². The van der Waals surface area contributed by atoms with Crippen LogP contribution in [0.4, 0.5) is 5.69 Å². The van der Waals surface area contributed by atoms with Crippen molar-refractivity contribution in [1.29, 1.82) is 0 Å². The summed E-state index contributed by atoms with van der Waals surface area (Å²) in [5, 5.41) is 4.64. The number of carbonyl (C=O) groups is 1. The van der Waals surface area contributed by atoms with E-state index < -0.39 is 22.5 Å².